The van der Waals surface area contributed by atoms with E-state index in [0.717, 1.165) is 18.9 Å². The fraction of sp³-hybridized carbons (Fsp3) is 0.500. The monoisotopic (exact) mass is 128 g/mol. The average molecular weight is 128 g/mol. The van der Waals surface area contributed by atoms with Crippen LogP contribution >= 0.6 is 0 Å². The molecule has 0 aromatic heterocycles. The Balaban J connectivity index is 2.49. The van der Waals surface area contributed by atoms with E-state index < -0.39 is 5.97 Å². The van der Waals surface area contributed by atoms with E-state index in [-0.39, 0.29) is 0 Å². The summed E-state index contributed by atoms with van der Waals surface area (Å²) in [6, 6.07) is 0. The Kier molecular flexibility index (Phi) is 1.72. The zero-order valence-electron chi connectivity index (χ0n) is 4.96. The fourth-order valence-corrected chi connectivity index (χ4v) is 0.773. The van der Waals surface area contributed by atoms with Gasteiger partial charge < -0.3 is 9.84 Å². The molecule has 0 bridgehead atoms. The first-order valence-corrected chi connectivity index (χ1v) is 2.85. The van der Waals surface area contributed by atoms with Gasteiger partial charge in [-0.1, -0.05) is 0 Å². The van der Waals surface area contributed by atoms with Gasteiger partial charge in [-0.25, -0.2) is 4.79 Å². The normalized spacial score (nSPS) is 22.0. The van der Waals surface area contributed by atoms with Crippen molar-refractivity contribution in [1.82, 2.24) is 0 Å². The molecule has 3 nitrogen and oxygen atoms in total. The number of hydrogen-bond acceptors (Lipinski definition) is 2. The molecular weight excluding hydrogens is 120 g/mol. The molecule has 1 saturated heterocycles. The van der Waals surface area contributed by atoms with Gasteiger partial charge in [-0.2, -0.15) is 0 Å². The minimum Gasteiger partial charge on any atom is -0.498 e. The summed E-state index contributed by atoms with van der Waals surface area (Å²) in [6.07, 6.45) is 2.83. The highest BCUT2D eigenvalue weighted by Gasteiger charge is 2.07. The largest absolute Gasteiger partial charge is 0.498 e. The van der Waals surface area contributed by atoms with Crippen molar-refractivity contribution in [2.24, 2.45) is 0 Å². The van der Waals surface area contributed by atoms with Gasteiger partial charge in [0, 0.05) is 6.42 Å². The first-order chi connectivity index (χ1) is 4.29. The lowest BCUT2D eigenvalue weighted by atomic mass is 10.3. The van der Waals surface area contributed by atoms with Crippen molar-refractivity contribution in [3.8, 4) is 0 Å². The van der Waals surface area contributed by atoms with E-state index in [2.05, 4.69) is 0 Å². The maximum atomic E-state index is 10.00. The summed E-state index contributed by atoms with van der Waals surface area (Å²) in [5.41, 5.74) is 0. The Labute approximate surface area is 52.9 Å². The van der Waals surface area contributed by atoms with Gasteiger partial charge in [0.05, 0.1) is 12.7 Å². The van der Waals surface area contributed by atoms with Gasteiger partial charge in [-0.15, -0.1) is 0 Å². The van der Waals surface area contributed by atoms with Crippen LogP contribution in [-0.4, -0.2) is 17.7 Å². The topological polar surface area (TPSA) is 46.5 Å². The number of carboxylic acid groups (broad SMARTS) is 1. The SMILES string of the molecule is O=C(O)C=C1CCCO1. The van der Waals surface area contributed by atoms with E-state index in [1.807, 2.05) is 0 Å². The van der Waals surface area contributed by atoms with Gasteiger partial charge in [0.1, 0.15) is 5.76 Å². The quantitative estimate of drug-likeness (QED) is 0.530. The van der Waals surface area contributed by atoms with E-state index in [9.17, 15) is 4.79 Å². The number of hydrogen-bond donors (Lipinski definition) is 1. The van der Waals surface area contributed by atoms with Gasteiger partial charge in [-0.3, -0.25) is 0 Å². The molecular formula is C6H8O3. The predicted octanol–water partition coefficient (Wildman–Crippen LogP) is 0.765. The lowest BCUT2D eigenvalue weighted by Crippen LogP contribution is -1.90. The molecule has 1 aliphatic rings. The zero-order chi connectivity index (χ0) is 6.69. The molecule has 1 fully saturated rings. The summed E-state index contributed by atoms with van der Waals surface area (Å²) in [6.45, 7) is 0.666. The second-order valence-corrected chi connectivity index (χ2v) is 1.90. The smallest absolute Gasteiger partial charge is 0.331 e. The molecule has 0 aromatic rings. The summed E-state index contributed by atoms with van der Waals surface area (Å²) in [5, 5.41) is 8.22. The molecule has 0 aromatic carbocycles. The van der Waals surface area contributed by atoms with E-state index in [1.165, 1.54) is 0 Å². The number of aliphatic carboxylic acids is 1. The standard InChI is InChI=1S/C6H8O3/c7-6(8)4-5-2-1-3-9-5/h4H,1-3H2,(H,7,8). The molecule has 1 heterocycles. The summed E-state index contributed by atoms with van der Waals surface area (Å²) in [5.74, 6) is -0.325. The molecule has 1 aliphatic heterocycles. The summed E-state index contributed by atoms with van der Waals surface area (Å²) in [4.78, 5) is 10.00. The number of carboxylic acids is 1. The highest BCUT2D eigenvalue weighted by atomic mass is 16.5. The third-order valence-electron chi connectivity index (χ3n) is 1.14. The highest BCUT2D eigenvalue weighted by Crippen LogP contribution is 2.14. The molecule has 0 spiro atoms. The number of carbonyl (C=O) groups is 1. The van der Waals surface area contributed by atoms with Gasteiger partial charge in [0.25, 0.3) is 0 Å². The molecule has 1 N–H and O–H groups in total. The lowest BCUT2D eigenvalue weighted by Gasteiger charge is -1.92. The minimum atomic E-state index is -0.924. The van der Waals surface area contributed by atoms with Crippen molar-refractivity contribution >= 4 is 5.97 Å². The number of ether oxygens (including phenoxy) is 1. The molecule has 1 rings (SSSR count). The molecule has 9 heavy (non-hydrogen) atoms. The van der Waals surface area contributed by atoms with Crippen LogP contribution in [0.4, 0.5) is 0 Å². The summed E-state index contributed by atoms with van der Waals surface area (Å²) < 4.78 is 4.94. The molecule has 0 amide bonds. The van der Waals surface area contributed by atoms with Crippen LogP contribution in [0.1, 0.15) is 12.8 Å². The Bertz CT molecular complexity index is 140. The van der Waals surface area contributed by atoms with Crippen molar-refractivity contribution in [2.45, 2.75) is 12.8 Å². The lowest BCUT2D eigenvalue weighted by molar-refractivity contribution is -0.131. The van der Waals surface area contributed by atoms with Crippen LogP contribution in [0, 0.1) is 0 Å². The first kappa shape index (κ1) is 6.13. The first-order valence-electron chi connectivity index (χ1n) is 2.85. The minimum absolute atomic E-state index is 0.600. The van der Waals surface area contributed by atoms with Crippen molar-refractivity contribution < 1.29 is 14.6 Å². The van der Waals surface area contributed by atoms with Crippen LogP contribution in [0.3, 0.4) is 0 Å². The highest BCUT2D eigenvalue weighted by molar-refractivity contribution is 5.80. The number of rotatable bonds is 1. The molecule has 0 radical (unpaired) electrons. The summed E-state index contributed by atoms with van der Waals surface area (Å²) >= 11 is 0. The van der Waals surface area contributed by atoms with Gasteiger partial charge in [0.15, 0.2) is 0 Å². The van der Waals surface area contributed by atoms with Crippen molar-refractivity contribution in [3.05, 3.63) is 11.8 Å². The van der Waals surface area contributed by atoms with Crippen molar-refractivity contribution in [2.75, 3.05) is 6.61 Å². The van der Waals surface area contributed by atoms with Gasteiger partial charge in [-0.05, 0) is 6.42 Å². The van der Waals surface area contributed by atoms with E-state index in [0.29, 0.717) is 12.4 Å². The molecule has 0 atom stereocenters. The Morgan fingerprint density at radius 3 is 3.00 bits per heavy atom. The average Bonchev–Trinajstić information content (AvgIpc) is 2.15. The maximum Gasteiger partial charge on any atom is 0.331 e. The fourth-order valence-electron chi connectivity index (χ4n) is 0.773. The van der Waals surface area contributed by atoms with Crippen LogP contribution < -0.4 is 0 Å². The second kappa shape index (κ2) is 2.53. The van der Waals surface area contributed by atoms with Crippen LogP contribution in [0.2, 0.25) is 0 Å². The molecule has 50 valence electrons. The number of allylic oxidation sites excluding steroid dienone is 1. The van der Waals surface area contributed by atoms with E-state index in [1.54, 1.807) is 0 Å². The third kappa shape index (κ3) is 1.76. The van der Waals surface area contributed by atoms with Crippen LogP contribution in [0.5, 0.6) is 0 Å². The van der Waals surface area contributed by atoms with Crippen molar-refractivity contribution in [1.29, 1.82) is 0 Å². The molecule has 3 heteroatoms. The van der Waals surface area contributed by atoms with Crippen molar-refractivity contribution in [3.63, 3.8) is 0 Å². The van der Waals surface area contributed by atoms with Crippen LogP contribution in [-0.2, 0) is 9.53 Å². The third-order valence-corrected chi connectivity index (χ3v) is 1.14. The van der Waals surface area contributed by atoms with Crippen LogP contribution in [0.15, 0.2) is 11.8 Å². The predicted molar refractivity (Wildman–Crippen MR) is 30.9 cm³/mol. The zero-order valence-corrected chi connectivity index (χ0v) is 4.96. The summed E-state index contributed by atoms with van der Waals surface area (Å²) in [7, 11) is 0. The Hall–Kier alpha value is -0.990. The van der Waals surface area contributed by atoms with E-state index >= 15 is 0 Å². The second-order valence-electron chi connectivity index (χ2n) is 1.90. The van der Waals surface area contributed by atoms with Gasteiger partial charge in [0.2, 0.25) is 0 Å². The molecule has 0 saturated carbocycles. The van der Waals surface area contributed by atoms with E-state index in [4.69, 9.17) is 9.84 Å². The van der Waals surface area contributed by atoms with Gasteiger partial charge >= 0.3 is 5.97 Å². The maximum absolute atomic E-state index is 10.00. The van der Waals surface area contributed by atoms with Crippen LogP contribution in [0.25, 0.3) is 0 Å². The Morgan fingerprint density at radius 1 is 1.78 bits per heavy atom. The Morgan fingerprint density at radius 2 is 2.56 bits per heavy atom. The molecule has 0 unspecified atom stereocenters. The molecule has 0 aliphatic carbocycles.